The van der Waals surface area contributed by atoms with Gasteiger partial charge < -0.3 is 19.0 Å². The normalized spacial score (nSPS) is 17.4. The average molecular weight is 490 g/mol. The summed E-state index contributed by atoms with van der Waals surface area (Å²) in [6.07, 6.45) is 1.42. The molecule has 2 heterocycles. The van der Waals surface area contributed by atoms with Crippen LogP contribution in [-0.4, -0.2) is 37.0 Å². The quantitative estimate of drug-likeness (QED) is 0.233. The van der Waals surface area contributed by atoms with Gasteiger partial charge in [0, 0.05) is 5.69 Å². The van der Waals surface area contributed by atoms with E-state index in [2.05, 4.69) is 0 Å². The Morgan fingerprint density at radius 3 is 2.39 bits per heavy atom. The topological polar surface area (TPSA) is 106 Å². The lowest BCUT2D eigenvalue weighted by Crippen LogP contribution is -2.29. The molecule has 1 unspecified atom stereocenters. The zero-order valence-electron chi connectivity index (χ0n) is 20.7. The number of carbonyl (C=O) groups excluding carboxylic acids is 3. The molecule has 186 valence electrons. The number of furan rings is 1. The lowest BCUT2D eigenvalue weighted by atomic mass is 9.85. The van der Waals surface area contributed by atoms with Gasteiger partial charge in [-0.3, -0.25) is 14.5 Å². The Morgan fingerprint density at radius 2 is 1.78 bits per heavy atom. The van der Waals surface area contributed by atoms with Gasteiger partial charge in [-0.1, -0.05) is 32.9 Å². The van der Waals surface area contributed by atoms with Gasteiger partial charge in [-0.25, -0.2) is 4.79 Å². The molecule has 1 saturated heterocycles. The molecule has 4 rings (SSSR count). The highest BCUT2D eigenvalue weighted by molar-refractivity contribution is 6.51. The van der Waals surface area contributed by atoms with Crippen molar-refractivity contribution in [3.05, 3.63) is 88.9 Å². The van der Waals surface area contributed by atoms with Crippen LogP contribution < -0.4 is 9.64 Å². The second-order valence-corrected chi connectivity index (χ2v) is 9.39. The minimum absolute atomic E-state index is 0.150. The van der Waals surface area contributed by atoms with Crippen LogP contribution in [0.4, 0.5) is 5.69 Å². The summed E-state index contributed by atoms with van der Waals surface area (Å²) in [5, 5.41) is 11.5. The molecule has 0 radical (unpaired) electrons. The maximum atomic E-state index is 13.4. The van der Waals surface area contributed by atoms with E-state index in [0.29, 0.717) is 5.75 Å². The van der Waals surface area contributed by atoms with E-state index in [0.717, 1.165) is 5.56 Å². The standard InChI is InChI=1S/C28H27NO7/c1-28(2,3)17-11-12-20(34-4)19(15-17)24(30)22-23(21-10-7-13-36-21)29(26(32)25(22)31)18-9-6-8-16(14-18)27(33)35-5/h6-15,23,30H,1-5H3/b24-22+. The number of anilines is 1. The Hall–Kier alpha value is -4.33. The van der Waals surface area contributed by atoms with Gasteiger partial charge in [-0.05, 0) is 53.4 Å². The first-order valence-corrected chi connectivity index (χ1v) is 11.3. The first kappa shape index (κ1) is 24.8. The third-order valence-corrected chi connectivity index (χ3v) is 6.12. The number of hydrogen-bond acceptors (Lipinski definition) is 7. The van der Waals surface area contributed by atoms with Crippen molar-refractivity contribution in [1.29, 1.82) is 0 Å². The summed E-state index contributed by atoms with van der Waals surface area (Å²) in [5.41, 5.74) is 1.26. The maximum Gasteiger partial charge on any atom is 0.337 e. The molecule has 0 bridgehead atoms. The predicted molar refractivity (Wildman–Crippen MR) is 133 cm³/mol. The summed E-state index contributed by atoms with van der Waals surface area (Å²) in [5.74, 6) is -2.12. The molecular weight excluding hydrogens is 462 g/mol. The predicted octanol–water partition coefficient (Wildman–Crippen LogP) is 5.00. The van der Waals surface area contributed by atoms with Crippen LogP contribution in [0.5, 0.6) is 5.75 Å². The lowest BCUT2D eigenvalue weighted by Gasteiger charge is -2.24. The molecule has 1 atom stereocenters. The van der Waals surface area contributed by atoms with Crippen LogP contribution in [0.1, 0.15) is 54.1 Å². The summed E-state index contributed by atoms with van der Waals surface area (Å²) < 4.78 is 15.9. The fraction of sp³-hybridized carbons (Fsp3) is 0.250. The molecular formula is C28H27NO7. The van der Waals surface area contributed by atoms with Crippen LogP contribution in [0.15, 0.2) is 70.9 Å². The Morgan fingerprint density at radius 1 is 1.03 bits per heavy atom. The monoisotopic (exact) mass is 489 g/mol. The molecule has 0 spiro atoms. The summed E-state index contributed by atoms with van der Waals surface area (Å²) >= 11 is 0. The summed E-state index contributed by atoms with van der Waals surface area (Å²) in [6, 6.07) is 13.7. The van der Waals surface area contributed by atoms with Gasteiger partial charge in [0.2, 0.25) is 0 Å². The van der Waals surface area contributed by atoms with Crippen molar-refractivity contribution in [2.75, 3.05) is 19.1 Å². The number of carbonyl (C=O) groups is 3. The number of hydrogen-bond donors (Lipinski definition) is 1. The van der Waals surface area contributed by atoms with Crippen molar-refractivity contribution in [1.82, 2.24) is 0 Å². The number of nitrogens with zero attached hydrogens (tertiary/aromatic N) is 1. The average Bonchev–Trinajstić information content (AvgIpc) is 3.49. The van der Waals surface area contributed by atoms with Crippen LogP contribution in [0.2, 0.25) is 0 Å². The number of Topliss-reactive ketones (excluding diaryl/α,β-unsaturated/α-hetero) is 1. The highest BCUT2D eigenvalue weighted by atomic mass is 16.5. The molecule has 8 nitrogen and oxygen atoms in total. The van der Waals surface area contributed by atoms with Gasteiger partial charge in [0.05, 0.1) is 37.2 Å². The number of rotatable bonds is 5. The zero-order chi connectivity index (χ0) is 26.2. The molecule has 1 aliphatic heterocycles. The van der Waals surface area contributed by atoms with E-state index in [4.69, 9.17) is 13.9 Å². The SMILES string of the molecule is COC(=O)c1cccc(N2C(=O)C(=O)/C(=C(/O)c3cc(C(C)(C)C)ccc3OC)C2c2ccco2)c1. The minimum Gasteiger partial charge on any atom is -0.507 e. The molecule has 1 amide bonds. The fourth-order valence-corrected chi connectivity index (χ4v) is 4.22. The van der Waals surface area contributed by atoms with E-state index in [1.165, 1.54) is 37.5 Å². The van der Waals surface area contributed by atoms with Gasteiger partial charge in [-0.15, -0.1) is 0 Å². The first-order chi connectivity index (χ1) is 17.1. The van der Waals surface area contributed by atoms with Crippen molar-refractivity contribution >= 4 is 29.1 Å². The van der Waals surface area contributed by atoms with Gasteiger partial charge in [0.15, 0.2) is 0 Å². The van der Waals surface area contributed by atoms with Gasteiger partial charge in [0.25, 0.3) is 11.7 Å². The lowest BCUT2D eigenvalue weighted by molar-refractivity contribution is -0.132. The molecule has 1 N–H and O–H groups in total. The largest absolute Gasteiger partial charge is 0.507 e. The van der Waals surface area contributed by atoms with E-state index in [1.807, 2.05) is 26.8 Å². The molecule has 0 saturated carbocycles. The maximum absolute atomic E-state index is 13.4. The number of ether oxygens (including phenoxy) is 2. The molecule has 0 aliphatic carbocycles. The fourth-order valence-electron chi connectivity index (χ4n) is 4.22. The Labute approximate surface area is 208 Å². The zero-order valence-corrected chi connectivity index (χ0v) is 20.7. The van der Waals surface area contributed by atoms with E-state index in [-0.39, 0.29) is 39.3 Å². The van der Waals surface area contributed by atoms with Gasteiger partial charge >= 0.3 is 5.97 Å². The summed E-state index contributed by atoms with van der Waals surface area (Å²) in [6.45, 7) is 6.07. The number of esters is 1. The smallest absolute Gasteiger partial charge is 0.337 e. The van der Waals surface area contributed by atoms with Crippen molar-refractivity contribution in [2.24, 2.45) is 0 Å². The Kier molecular flexibility index (Phi) is 6.45. The van der Waals surface area contributed by atoms with Gasteiger partial charge in [-0.2, -0.15) is 0 Å². The number of amides is 1. The van der Waals surface area contributed by atoms with Crippen molar-refractivity contribution < 1.29 is 33.4 Å². The van der Waals surface area contributed by atoms with E-state index >= 15 is 0 Å². The first-order valence-electron chi connectivity index (χ1n) is 11.3. The third kappa shape index (κ3) is 4.26. The molecule has 8 heteroatoms. The van der Waals surface area contributed by atoms with Crippen molar-refractivity contribution in [3.63, 3.8) is 0 Å². The molecule has 1 aliphatic rings. The molecule has 36 heavy (non-hydrogen) atoms. The Bertz CT molecular complexity index is 1360. The van der Waals surface area contributed by atoms with Crippen LogP contribution in [0.3, 0.4) is 0 Å². The number of aliphatic hydroxyl groups is 1. The van der Waals surface area contributed by atoms with Crippen LogP contribution in [-0.2, 0) is 19.7 Å². The summed E-state index contributed by atoms with van der Waals surface area (Å²) in [4.78, 5) is 40.0. The van der Waals surface area contributed by atoms with E-state index in [9.17, 15) is 19.5 Å². The second kappa shape index (κ2) is 9.37. The third-order valence-electron chi connectivity index (χ3n) is 6.12. The second-order valence-electron chi connectivity index (χ2n) is 9.39. The number of aliphatic hydroxyl groups excluding tert-OH is 1. The highest BCUT2D eigenvalue weighted by Crippen LogP contribution is 2.44. The minimum atomic E-state index is -1.07. The molecule has 1 aromatic heterocycles. The number of benzene rings is 2. The number of ketones is 1. The Balaban J connectivity index is 1.95. The highest BCUT2D eigenvalue weighted by Gasteiger charge is 2.48. The van der Waals surface area contributed by atoms with Crippen LogP contribution >= 0.6 is 0 Å². The number of methoxy groups -OCH3 is 2. The van der Waals surface area contributed by atoms with Crippen LogP contribution in [0, 0.1) is 0 Å². The van der Waals surface area contributed by atoms with Crippen molar-refractivity contribution in [2.45, 2.75) is 32.2 Å². The molecule has 3 aromatic rings. The van der Waals surface area contributed by atoms with Crippen LogP contribution in [0.25, 0.3) is 5.76 Å². The molecule has 2 aromatic carbocycles. The molecule has 1 fully saturated rings. The van der Waals surface area contributed by atoms with E-state index in [1.54, 1.807) is 36.4 Å². The van der Waals surface area contributed by atoms with Crippen molar-refractivity contribution in [3.8, 4) is 5.75 Å². The van der Waals surface area contributed by atoms with E-state index < -0.39 is 23.7 Å². The van der Waals surface area contributed by atoms with Gasteiger partial charge in [0.1, 0.15) is 23.3 Å². The summed E-state index contributed by atoms with van der Waals surface area (Å²) in [7, 11) is 2.72.